The van der Waals surface area contributed by atoms with Crippen LogP contribution in [0.1, 0.15) is 33.6 Å². The molecule has 0 radical (unpaired) electrons. The summed E-state index contributed by atoms with van der Waals surface area (Å²) in [5.74, 6) is -0.404. The standard InChI is InChI=1S/C12H22O4/c1-5-10(16-11(13)6-2)9-12(14-7-3)15-8-4/h6,10,12H,2,5,7-9H2,1,3-4H3. The topological polar surface area (TPSA) is 44.8 Å². The number of carbonyl (C=O) groups is 1. The summed E-state index contributed by atoms with van der Waals surface area (Å²) in [5, 5.41) is 0. The van der Waals surface area contributed by atoms with E-state index in [0.29, 0.717) is 19.6 Å². The number of hydrogen-bond acceptors (Lipinski definition) is 4. The summed E-state index contributed by atoms with van der Waals surface area (Å²) >= 11 is 0. The second-order valence-corrected chi connectivity index (χ2v) is 3.25. The lowest BCUT2D eigenvalue weighted by Gasteiger charge is -2.22. The highest BCUT2D eigenvalue weighted by Crippen LogP contribution is 2.11. The average Bonchev–Trinajstić information content (AvgIpc) is 2.28. The van der Waals surface area contributed by atoms with E-state index in [9.17, 15) is 4.79 Å². The molecule has 0 rings (SSSR count). The maximum atomic E-state index is 11.1. The summed E-state index contributed by atoms with van der Waals surface area (Å²) in [5.41, 5.74) is 0. The zero-order chi connectivity index (χ0) is 12.4. The minimum Gasteiger partial charge on any atom is -0.459 e. The first kappa shape index (κ1) is 15.1. The van der Waals surface area contributed by atoms with Gasteiger partial charge in [0.05, 0.1) is 0 Å². The fourth-order valence-corrected chi connectivity index (χ4v) is 1.28. The van der Waals surface area contributed by atoms with Gasteiger partial charge in [-0.3, -0.25) is 0 Å². The van der Waals surface area contributed by atoms with Gasteiger partial charge >= 0.3 is 5.97 Å². The quantitative estimate of drug-likeness (QED) is 0.346. The molecule has 16 heavy (non-hydrogen) atoms. The fraction of sp³-hybridized carbons (Fsp3) is 0.750. The van der Waals surface area contributed by atoms with Crippen molar-refractivity contribution in [3.63, 3.8) is 0 Å². The van der Waals surface area contributed by atoms with Crippen LogP contribution in [0.5, 0.6) is 0 Å². The lowest BCUT2D eigenvalue weighted by atomic mass is 10.2. The molecule has 0 saturated carbocycles. The molecule has 94 valence electrons. The maximum absolute atomic E-state index is 11.1. The summed E-state index contributed by atoms with van der Waals surface area (Å²) in [6.07, 6.45) is 1.96. The Morgan fingerprint density at radius 2 is 1.81 bits per heavy atom. The van der Waals surface area contributed by atoms with Gasteiger partial charge in [0.15, 0.2) is 6.29 Å². The SMILES string of the molecule is C=CC(=O)OC(CC)CC(OCC)OCC. The highest BCUT2D eigenvalue weighted by molar-refractivity contribution is 5.81. The largest absolute Gasteiger partial charge is 0.459 e. The molecular formula is C12H22O4. The van der Waals surface area contributed by atoms with Crippen LogP contribution in [-0.2, 0) is 19.0 Å². The second kappa shape index (κ2) is 9.36. The smallest absolute Gasteiger partial charge is 0.330 e. The Morgan fingerprint density at radius 1 is 1.25 bits per heavy atom. The highest BCUT2D eigenvalue weighted by Gasteiger charge is 2.18. The molecule has 0 aromatic rings. The zero-order valence-electron chi connectivity index (χ0n) is 10.4. The Morgan fingerprint density at radius 3 is 2.19 bits per heavy atom. The van der Waals surface area contributed by atoms with E-state index in [2.05, 4.69) is 6.58 Å². The molecule has 0 amide bonds. The van der Waals surface area contributed by atoms with Crippen LogP contribution in [0.3, 0.4) is 0 Å². The number of esters is 1. The van der Waals surface area contributed by atoms with E-state index in [-0.39, 0.29) is 12.4 Å². The third kappa shape index (κ3) is 6.58. The molecule has 0 spiro atoms. The summed E-state index contributed by atoms with van der Waals surface area (Å²) in [7, 11) is 0. The summed E-state index contributed by atoms with van der Waals surface area (Å²) in [4.78, 5) is 11.1. The number of carbonyl (C=O) groups excluding carboxylic acids is 1. The van der Waals surface area contributed by atoms with Gasteiger partial charge in [0.25, 0.3) is 0 Å². The summed E-state index contributed by atoms with van der Waals surface area (Å²) < 4.78 is 15.9. The number of hydrogen-bond donors (Lipinski definition) is 0. The Kier molecular flexibility index (Phi) is 8.85. The van der Waals surface area contributed by atoms with Crippen molar-refractivity contribution in [1.29, 1.82) is 0 Å². The van der Waals surface area contributed by atoms with Crippen LogP contribution in [-0.4, -0.2) is 31.6 Å². The molecule has 0 bridgehead atoms. The van der Waals surface area contributed by atoms with Crippen LogP contribution in [0, 0.1) is 0 Å². The van der Waals surface area contributed by atoms with Gasteiger partial charge in [-0.25, -0.2) is 4.79 Å². The minimum atomic E-state index is -0.404. The lowest BCUT2D eigenvalue weighted by Crippen LogP contribution is -2.26. The van der Waals surface area contributed by atoms with Crippen molar-refractivity contribution in [2.45, 2.75) is 46.0 Å². The van der Waals surface area contributed by atoms with Gasteiger partial charge in [-0.2, -0.15) is 0 Å². The van der Waals surface area contributed by atoms with E-state index in [4.69, 9.17) is 14.2 Å². The van der Waals surface area contributed by atoms with Crippen LogP contribution < -0.4 is 0 Å². The molecule has 0 aliphatic carbocycles. The van der Waals surface area contributed by atoms with Gasteiger partial charge in [0.1, 0.15) is 6.10 Å². The van der Waals surface area contributed by atoms with E-state index in [1.54, 1.807) is 0 Å². The maximum Gasteiger partial charge on any atom is 0.330 e. The van der Waals surface area contributed by atoms with Crippen molar-refractivity contribution >= 4 is 5.97 Å². The molecule has 0 aromatic heterocycles. The number of rotatable bonds is 9. The van der Waals surface area contributed by atoms with Gasteiger partial charge in [-0.1, -0.05) is 13.5 Å². The minimum absolute atomic E-state index is 0.186. The molecule has 0 aromatic carbocycles. The van der Waals surface area contributed by atoms with E-state index in [1.165, 1.54) is 6.08 Å². The molecule has 4 heteroatoms. The highest BCUT2D eigenvalue weighted by atomic mass is 16.7. The van der Waals surface area contributed by atoms with Gasteiger partial charge in [-0.15, -0.1) is 0 Å². The van der Waals surface area contributed by atoms with Crippen molar-refractivity contribution in [3.8, 4) is 0 Å². The van der Waals surface area contributed by atoms with Crippen molar-refractivity contribution in [3.05, 3.63) is 12.7 Å². The van der Waals surface area contributed by atoms with Crippen LogP contribution in [0.4, 0.5) is 0 Å². The van der Waals surface area contributed by atoms with Crippen LogP contribution in [0.25, 0.3) is 0 Å². The molecule has 1 unspecified atom stereocenters. The van der Waals surface area contributed by atoms with Gasteiger partial charge in [0.2, 0.25) is 0 Å². The van der Waals surface area contributed by atoms with E-state index in [0.717, 1.165) is 6.42 Å². The summed E-state index contributed by atoms with van der Waals surface area (Å²) in [6, 6.07) is 0. The molecule has 0 N–H and O–H groups in total. The normalized spacial score (nSPS) is 12.5. The van der Waals surface area contributed by atoms with E-state index >= 15 is 0 Å². The average molecular weight is 230 g/mol. The van der Waals surface area contributed by atoms with Crippen molar-refractivity contribution < 1.29 is 19.0 Å². The molecule has 0 saturated heterocycles. The van der Waals surface area contributed by atoms with Crippen LogP contribution in [0.2, 0.25) is 0 Å². The van der Waals surface area contributed by atoms with E-state index in [1.807, 2.05) is 20.8 Å². The first-order valence-electron chi connectivity index (χ1n) is 5.74. The van der Waals surface area contributed by atoms with Gasteiger partial charge < -0.3 is 14.2 Å². The van der Waals surface area contributed by atoms with Crippen molar-refractivity contribution in [2.75, 3.05) is 13.2 Å². The fourth-order valence-electron chi connectivity index (χ4n) is 1.28. The Balaban J connectivity index is 4.13. The molecule has 0 heterocycles. The zero-order valence-corrected chi connectivity index (χ0v) is 10.4. The molecule has 0 aliphatic heterocycles. The van der Waals surface area contributed by atoms with E-state index < -0.39 is 5.97 Å². The lowest BCUT2D eigenvalue weighted by molar-refractivity contribution is -0.166. The molecular weight excluding hydrogens is 208 g/mol. The summed E-state index contributed by atoms with van der Waals surface area (Å²) in [6.45, 7) is 10.3. The van der Waals surface area contributed by atoms with Crippen molar-refractivity contribution in [1.82, 2.24) is 0 Å². The molecule has 1 atom stereocenters. The monoisotopic (exact) mass is 230 g/mol. The Labute approximate surface area is 97.6 Å². The predicted octanol–water partition coefficient (Wildman–Crippen LogP) is 2.28. The Bertz CT molecular complexity index is 197. The van der Waals surface area contributed by atoms with Crippen LogP contribution >= 0.6 is 0 Å². The third-order valence-electron chi connectivity index (χ3n) is 2.07. The van der Waals surface area contributed by atoms with Crippen molar-refractivity contribution in [2.24, 2.45) is 0 Å². The molecule has 4 nitrogen and oxygen atoms in total. The predicted molar refractivity (Wildman–Crippen MR) is 62.0 cm³/mol. The Hall–Kier alpha value is -0.870. The number of ether oxygens (including phenoxy) is 3. The first-order valence-corrected chi connectivity index (χ1v) is 5.74. The second-order valence-electron chi connectivity index (χ2n) is 3.25. The molecule has 0 fully saturated rings. The van der Waals surface area contributed by atoms with Gasteiger partial charge in [-0.05, 0) is 20.3 Å². The first-order chi connectivity index (χ1) is 7.67. The molecule has 0 aliphatic rings. The van der Waals surface area contributed by atoms with Crippen LogP contribution in [0.15, 0.2) is 12.7 Å². The van der Waals surface area contributed by atoms with Gasteiger partial charge in [0, 0.05) is 25.7 Å². The third-order valence-corrected chi connectivity index (χ3v) is 2.07.